The number of rotatable bonds is 6. The highest BCUT2D eigenvalue weighted by atomic mass is 35.5. The highest BCUT2D eigenvalue weighted by Crippen LogP contribution is 2.20. The van der Waals surface area contributed by atoms with Crippen molar-refractivity contribution in [3.8, 4) is 0 Å². The van der Waals surface area contributed by atoms with Gasteiger partial charge in [0, 0.05) is 32.3 Å². The van der Waals surface area contributed by atoms with Gasteiger partial charge in [-0.1, -0.05) is 17.7 Å². The van der Waals surface area contributed by atoms with E-state index in [0.29, 0.717) is 0 Å². The second-order valence-electron chi connectivity index (χ2n) is 4.30. The molecule has 0 heterocycles. The van der Waals surface area contributed by atoms with Gasteiger partial charge < -0.3 is 14.7 Å². The Kier molecular flexibility index (Phi) is 6.64. The average Bonchev–Trinajstić information content (AvgIpc) is 2.38. The van der Waals surface area contributed by atoms with Gasteiger partial charge in [0.05, 0.1) is 17.7 Å². The van der Waals surface area contributed by atoms with Crippen LogP contribution in [0.25, 0.3) is 6.08 Å². The topological polar surface area (TPSA) is 49.8 Å². The molecular weight excluding hydrogens is 285 g/mol. The molecule has 0 spiro atoms. The molecule has 1 aromatic rings. The van der Waals surface area contributed by atoms with Gasteiger partial charge in [0.2, 0.25) is 5.91 Å². The standard InChI is InChI=1S/C14H17ClFNO3/c1-17(8-10(18)9-20-2)14(19)7-6-11-12(15)4-3-5-13(11)16/h3-7,10,18H,8-9H2,1-2H3. The minimum atomic E-state index is -0.764. The molecule has 1 atom stereocenters. The van der Waals surface area contributed by atoms with Crippen molar-refractivity contribution in [1.82, 2.24) is 4.90 Å². The van der Waals surface area contributed by atoms with Crippen molar-refractivity contribution < 1.29 is 19.0 Å². The fraction of sp³-hybridized carbons (Fsp3) is 0.357. The Hall–Kier alpha value is -1.43. The Bertz CT molecular complexity index is 473. The number of hydrogen-bond acceptors (Lipinski definition) is 3. The van der Waals surface area contributed by atoms with Gasteiger partial charge in [-0.25, -0.2) is 4.39 Å². The SMILES string of the molecule is COCC(O)CN(C)C(=O)C=Cc1c(F)cccc1Cl. The summed E-state index contributed by atoms with van der Waals surface area (Å²) < 4.78 is 18.3. The van der Waals surface area contributed by atoms with E-state index in [2.05, 4.69) is 0 Å². The third-order valence-electron chi connectivity index (χ3n) is 2.61. The molecular formula is C14H17ClFNO3. The van der Waals surface area contributed by atoms with Crippen LogP contribution in [0.5, 0.6) is 0 Å². The smallest absolute Gasteiger partial charge is 0.246 e. The summed E-state index contributed by atoms with van der Waals surface area (Å²) in [6.07, 6.45) is 1.77. The normalized spacial score (nSPS) is 12.7. The number of amides is 1. The molecule has 4 nitrogen and oxygen atoms in total. The van der Waals surface area contributed by atoms with E-state index in [1.807, 2.05) is 0 Å². The van der Waals surface area contributed by atoms with Crippen LogP contribution in [0.2, 0.25) is 5.02 Å². The van der Waals surface area contributed by atoms with E-state index in [0.717, 1.165) is 0 Å². The highest BCUT2D eigenvalue weighted by Gasteiger charge is 2.11. The van der Waals surface area contributed by atoms with E-state index in [1.54, 1.807) is 6.07 Å². The zero-order chi connectivity index (χ0) is 15.1. The Balaban J connectivity index is 2.68. The molecule has 0 aliphatic rings. The summed E-state index contributed by atoms with van der Waals surface area (Å²) in [7, 11) is 3.00. The maximum Gasteiger partial charge on any atom is 0.246 e. The fourth-order valence-electron chi connectivity index (χ4n) is 1.60. The van der Waals surface area contributed by atoms with Crippen LogP contribution in [0.4, 0.5) is 4.39 Å². The number of carbonyl (C=O) groups excluding carboxylic acids is 1. The lowest BCUT2D eigenvalue weighted by atomic mass is 10.2. The van der Waals surface area contributed by atoms with Crippen molar-refractivity contribution >= 4 is 23.6 Å². The molecule has 0 radical (unpaired) electrons. The number of aliphatic hydroxyl groups is 1. The summed E-state index contributed by atoms with van der Waals surface area (Å²) in [6.45, 7) is 0.266. The lowest BCUT2D eigenvalue weighted by molar-refractivity contribution is -0.126. The van der Waals surface area contributed by atoms with Crippen LogP contribution in [-0.2, 0) is 9.53 Å². The third kappa shape index (κ3) is 4.92. The van der Waals surface area contributed by atoms with Crippen LogP contribution in [0.1, 0.15) is 5.56 Å². The number of likely N-dealkylation sites (N-methyl/N-ethyl adjacent to an activating group) is 1. The molecule has 1 unspecified atom stereocenters. The average molecular weight is 302 g/mol. The quantitative estimate of drug-likeness (QED) is 0.817. The Morgan fingerprint density at radius 1 is 1.60 bits per heavy atom. The lowest BCUT2D eigenvalue weighted by Gasteiger charge is -2.18. The lowest BCUT2D eigenvalue weighted by Crippen LogP contribution is -2.35. The maximum atomic E-state index is 13.5. The van der Waals surface area contributed by atoms with Crippen molar-refractivity contribution in [2.24, 2.45) is 0 Å². The molecule has 110 valence electrons. The van der Waals surface area contributed by atoms with Crippen LogP contribution in [0.15, 0.2) is 24.3 Å². The molecule has 0 aliphatic carbocycles. The second kappa shape index (κ2) is 7.99. The summed E-state index contributed by atoms with van der Waals surface area (Å²) in [4.78, 5) is 13.1. The summed E-state index contributed by atoms with van der Waals surface area (Å²) in [5.74, 6) is -0.858. The first kappa shape index (κ1) is 16.6. The molecule has 0 saturated heterocycles. The molecule has 1 aromatic carbocycles. The predicted molar refractivity (Wildman–Crippen MR) is 76.0 cm³/mol. The number of aliphatic hydroxyl groups excluding tert-OH is 1. The largest absolute Gasteiger partial charge is 0.389 e. The Morgan fingerprint density at radius 3 is 2.90 bits per heavy atom. The molecule has 6 heteroatoms. The number of ether oxygens (including phenoxy) is 1. The Labute approximate surface area is 122 Å². The van der Waals surface area contributed by atoms with Gasteiger partial charge in [0.1, 0.15) is 5.82 Å². The van der Waals surface area contributed by atoms with E-state index in [1.165, 1.54) is 43.3 Å². The summed E-state index contributed by atoms with van der Waals surface area (Å²) in [5.41, 5.74) is 0.161. The molecule has 0 aromatic heterocycles. The van der Waals surface area contributed by atoms with E-state index in [9.17, 15) is 14.3 Å². The molecule has 1 N–H and O–H groups in total. The molecule has 0 aliphatic heterocycles. The number of benzene rings is 1. The van der Waals surface area contributed by atoms with Gasteiger partial charge in [-0.3, -0.25) is 4.79 Å². The molecule has 20 heavy (non-hydrogen) atoms. The van der Waals surface area contributed by atoms with Gasteiger partial charge in [0.15, 0.2) is 0 Å². The van der Waals surface area contributed by atoms with E-state index < -0.39 is 11.9 Å². The van der Waals surface area contributed by atoms with E-state index in [-0.39, 0.29) is 29.6 Å². The highest BCUT2D eigenvalue weighted by molar-refractivity contribution is 6.32. The van der Waals surface area contributed by atoms with Gasteiger partial charge >= 0.3 is 0 Å². The minimum Gasteiger partial charge on any atom is -0.389 e. The van der Waals surface area contributed by atoms with Crippen LogP contribution in [-0.4, -0.2) is 49.3 Å². The van der Waals surface area contributed by atoms with Crippen LogP contribution >= 0.6 is 11.6 Å². The van der Waals surface area contributed by atoms with Crippen molar-refractivity contribution in [2.45, 2.75) is 6.10 Å². The summed E-state index contributed by atoms with van der Waals surface area (Å²) in [5, 5.41) is 9.75. The molecule has 0 bridgehead atoms. The zero-order valence-corrected chi connectivity index (χ0v) is 12.1. The number of carbonyl (C=O) groups is 1. The van der Waals surface area contributed by atoms with Gasteiger partial charge in [0.25, 0.3) is 0 Å². The van der Waals surface area contributed by atoms with Crippen molar-refractivity contribution in [3.63, 3.8) is 0 Å². The zero-order valence-electron chi connectivity index (χ0n) is 11.3. The minimum absolute atomic E-state index is 0.127. The first-order valence-corrected chi connectivity index (χ1v) is 6.37. The van der Waals surface area contributed by atoms with Gasteiger partial charge in [-0.2, -0.15) is 0 Å². The molecule has 1 amide bonds. The van der Waals surface area contributed by atoms with E-state index in [4.69, 9.17) is 16.3 Å². The number of hydrogen-bond donors (Lipinski definition) is 1. The Morgan fingerprint density at radius 2 is 2.30 bits per heavy atom. The maximum absolute atomic E-state index is 13.5. The molecule has 1 rings (SSSR count). The van der Waals surface area contributed by atoms with Crippen LogP contribution in [0, 0.1) is 5.82 Å². The number of halogens is 2. The van der Waals surface area contributed by atoms with Crippen molar-refractivity contribution in [2.75, 3.05) is 27.3 Å². The summed E-state index contributed by atoms with van der Waals surface area (Å²) in [6, 6.07) is 4.30. The van der Waals surface area contributed by atoms with Crippen LogP contribution in [0.3, 0.4) is 0 Å². The predicted octanol–water partition coefficient (Wildman–Crippen LogP) is 1.96. The second-order valence-corrected chi connectivity index (χ2v) is 4.70. The fourth-order valence-corrected chi connectivity index (χ4v) is 1.83. The monoisotopic (exact) mass is 301 g/mol. The number of methoxy groups -OCH3 is 1. The van der Waals surface area contributed by atoms with E-state index >= 15 is 0 Å². The van der Waals surface area contributed by atoms with Crippen molar-refractivity contribution in [3.05, 3.63) is 40.7 Å². The first-order valence-electron chi connectivity index (χ1n) is 6.00. The van der Waals surface area contributed by atoms with Crippen molar-refractivity contribution in [1.29, 1.82) is 0 Å². The van der Waals surface area contributed by atoms with Gasteiger partial charge in [-0.15, -0.1) is 0 Å². The molecule has 0 fully saturated rings. The van der Waals surface area contributed by atoms with Gasteiger partial charge in [-0.05, 0) is 18.2 Å². The molecule has 0 saturated carbocycles. The first-order chi connectivity index (χ1) is 9.45. The van der Waals surface area contributed by atoms with Crippen LogP contribution < -0.4 is 0 Å². The third-order valence-corrected chi connectivity index (χ3v) is 2.94. The summed E-state index contributed by atoms with van der Waals surface area (Å²) >= 11 is 5.85. The number of nitrogens with zero attached hydrogens (tertiary/aromatic N) is 1.